The van der Waals surface area contributed by atoms with E-state index in [9.17, 15) is 9.90 Å². The molecule has 0 aliphatic rings. The number of carboxylic acids is 1. The van der Waals surface area contributed by atoms with Gasteiger partial charge in [0, 0.05) is 5.56 Å². The van der Waals surface area contributed by atoms with Gasteiger partial charge in [-0.25, -0.2) is 4.79 Å². The quantitative estimate of drug-likeness (QED) is 0.694. The largest absolute Gasteiger partial charge is 0.508 e. The molecule has 2 N–H and O–H groups in total. The van der Waals surface area contributed by atoms with E-state index in [0.717, 1.165) is 0 Å². The average molecular weight is 178 g/mol. The van der Waals surface area contributed by atoms with E-state index < -0.39 is 5.97 Å². The van der Waals surface area contributed by atoms with Crippen molar-refractivity contribution in [2.45, 2.75) is 6.42 Å². The number of phenols is 1. The lowest BCUT2D eigenvalue weighted by Gasteiger charge is -2.04. The van der Waals surface area contributed by atoms with Crippen molar-refractivity contribution < 1.29 is 15.0 Å². The van der Waals surface area contributed by atoms with Crippen LogP contribution in [0.3, 0.4) is 0 Å². The van der Waals surface area contributed by atoms with Gasteiger partial charge in [0.15, 0.2) is 0 Å². The van der Waals surface area contributed by atoms with Crippen molar-refractivity contribution in [3.8, 4) is 5.75 Å². The molecule has 0 spiro atoms. The van der Waals surface area contributed by atoms with Crippen LogP contribution in [0.5, 0.6) is 5.75 Å². The molecule has 68 valence electrons. The standard InChI is InChI=1S/C10H10O3/c1-2-4-7-8(10(12)13)5-3-6-9(7)11/h2-3,5-6,11H,1,4H2,(H,12,13). The van der Waals surface area contributed by atoms with Crippen molar-refractivity contribution in [2.75, 3.05) is 0 Å². The van der Waals surface area contributed by atoms with E-state index in [1.54, 1.807) is 6.08 Å². The van der Waals surface area contributed by atoms with Gasteiger partial charge in [0.2, 0.25) is 0 Å². The summed E-state index contributed by atoms with van der Waals surface area (Å²) in [5.41, 5.74) is 0.532. The maximum atomic E-state index is 10.7. The molecule has 1 rings (SSSR count). The second-order valence-electron chi connectivity index (χ2n) is 2.60. The van der Waals surface area contributed by atoms with Crippen molar-refractivity contribution >= 4 is 5.97 Å². The van der Waals surface area contributed by atoms with Crippen molar-refractivity contribution in [3.63, 3.8) is 0 Å². The van der Waals surface area contributed by atoms with Crippen LogP contribution in [0.1, 0.15) is 15.9 Å². The molecule has 0 saturated carbocycles. The Bertz CT molecular complexity index is 342. The molecule has 13 heavy (non-hydrogen) atoms. The Hall–Kier alpha value is -1.77. The summed E-state index contributed by atoms with van der Waals surface area (Å²) in [7, 11) is 0. The lowest BCUT2D eigenvalue weighted by molar-refractivity contribution is 0.0695. The Morgan fingerprint density at radius 2 is 2.23 bits per heavy atom. The summed E-state index contributed by atoms with van der Waals surface area (Å²) < 4.78 is 0. The fraction of sp³-hybridized carbons (Fsp3) is 0.100. The van der Waals surface area contributed by atoms with E-state index in [2.05, 4.69) is 6.58 Å². The normalized spacial score (nSPS) is 9.54. The molecule has 0 heterocycles. The van der Waals surface area contributed by atoms with Gasteiger partial charge in [0.25, 0.3) is 0 Å². The molecule has 0 bridgehead atoms. The lowest BCUT2D eigenvalue weighted by atomic mass is 10.0. The molecule has 0 unspecified atom stereocenters. The number of allylic oxidation sites excluding steroid dienone is 1. The van der Waals surface area contributed by atoms with Crippen molar-refractivity contribution in [1.29, 1.82) is 0 Å². The molecule has 3 heteroatoms. The Morgan fingerprint density at radius 3 is 2.77 bits per heavy atom. The summed E-state index contributed by atoms with van der Waals surface area (Å²) in [6.07, 6.45) is 1.91. The molecule has 0 radical (unpaired) electrons. The first kappa shape index (κ1) is 9.32. The Kier molecular flexibility index (Phi) is 2.69. The van der Waals surface area contributed by atoms with E-state index in [-0.39, 0.29) is 11.3 Å². The SMILES string of the molecule is C=CCc1c(O)cccc1C(=O)O. The summed E-state index contributed by atoms with van der Waals surface area (Å²) in [5, 5.41) is 18.1. The van der Waals surface area contributed by atoms with Crippen LogP contribution in [-0.4, -0.2) is 16.2 Å². The lowest BCUT2D eigenvalue weighted by Crippen LogP contribution is -2.01. The first-order chi connectivity index (χ1) is 6.16. The molecular weight excluding hydrogens is 168 g/mol. The number of benzene rings is 1. The van der Waals surface area contributed by atoms with Crippen LogP contribution < -0.4 is 0 Å². The van der Waals surface area contributed by atoms with Gasteiger partial charge in [-0.3, -0.25) is 0 Å². The zero-order chi connectivity index (χ0) is 9.84. The van der Waals surface area contributed by atoms with E-state index in [1.807, 2.05) is 0 Å². The monoisotopic (exact) mass is 178 g/mol. The second kappa shape index (κ2) is 3.76. The van der Waals surface area contributed by atoms with Crippen LogP contribution >= 0.6 is 0 Å². The van der Waals surface area contributed by atoms with Gasteiger partial charge in [0.1, 0.15) is 5.75 Å². The number of carbonyl (C=O) groups is 1. The maximum Gasteiger partial charge on any atom is 0.336 e. The molecular formula is C10H10O3. The van der Waals surface area contributed by atoms with Gasteiger partial charge in [-0.2, -0.15) is 0 Å². The van der Waals surface area contributed by atoms with Crippen LogP contribution in [0.4, 0.5) is 0 Å². The fourth-order valence-electron chi connectivity index (χ4n) is 1.13. The minimum absolute atomic E-state index is 0.000185. The number of phenolic OH excluding ortho intramolecular Hbond substituents is 1. The number of aromatic hydroxyl groups is 1. The Labute approximate surface area is 76.0 Å². The van der Waals surface area contributed by atoms with Crippen LogP contribution in [0.15, 0.2) is 30.9 Å². The van der Waals surface area contributed by atoms with Crippen LogP contribution in [0.25, 0.3) is 0 Å². The van der Waals surface area contributed by atoms with Gasteiger partial charge in [-0.1, -0.05) is 12.1 Å². The summed E-state index contributed by atoms with van der Waals surface area (Å²) in [4.78, 5) is 10.7. The van der Waals surface area contributed by atoms with Crippen LogP contribution in [0, 0.1) is 0 Å². The highest BCUT2D eigenvalue weighted by atomic mass is 16.4. The topological polar surface area (TPSA) is 57.5 Å². The Morgan fingerprint density at radius 1 is 1.54 bits per heavy atom. The van der Waals surface area contributed by atoms with Gasteiger partial charge in [0.05, 0.1) is 5.56 Å². The number of rotatable bonds is 3. The minimum atomic E-state index is -1.03. The average Bonchev–Trinajstić information content (AvgIpc) is 2.08. The molecule has 3 nitrogen and oxygen atoms in total. The molecule has 0 saturated heterocycles. The third kappa shape index (κ3) is 1.87. The summed E-state index contributed by atoms with van der Waals surface area (Å²) >= 11 is 0. The highest BCUT2D eigenvalue weighted by molar-refractivity contribution is 5.90. The van der Waals surface area contributed by atoms with Gasteiger partial charge < -0.3 is 10.2 Å². The van der Waals surface area contributed by atoms with Gasteiger partial charge in [-0.05, 0) is 18.6 Å². The van der Waals surface area contributed by atoms with Crippen molar-refractivity contribution in [3.05, 3.63) is 42.0 Å². The number of hydrogen-bond donors (Lipinski definition) is 2. The van der Waals surface area contributed by atoms with E-state index in [1.165, 1.54) is 18.2 Å². The third-order valence-corrected chi connectivity index (χ3v) is 1.73. The zero-order valence-electron chi connectivity index (χ0n) is 7.03. The molecule has 1 aromatic carbocycles. The smallest absolute Gasteiger partial charge is 0.336 e. The van der Waals surface area contributed by atoms with Crippen molar-refractivity contribution in [1.82, 2.24) is 0 Å². The third-order valence-electron chi connectivity index (χ3n) is 1.73. The number of aromatic carboxylic acids is 1. The van der Waals surface area contributed by atoms with Gasteiger partial charge in [-0.15, -0.1) is 6.58 Å². The van der Waals surface area contributed by atoms with Gasteiger partial charge >= 0.3 is 5.97 Å². The Balaban J connectivity index is 3.24. The molecule has 0 amide bonds. The highest BCUT2D eigenvalue weighted by Crippen LogP contribution is 2.21. The summed E-state index contributed by atoms with van der Waals surface area (Å²) in [5.74, 6) is -1.03. The summed E-state index contributed by atoms with van der Waals surface area (Å²) in [6, 6.07) is 4.43. The van der Waals surface area contributed by atoms with E-state index in [4.69, 9.17) is 5.11 Å². The molecule has 0 aliphatic heterocycles. The molecule has 0 aromatic heterocycles. The minimum Gasteiger partial charge on any atom is -0.508 e. The molecule has 0 fully saturated rings. The zero-order valence-corrected chi connectivity index (χ0v) is 7.03. The van der Waals surface area contributed by atoms with Crippen LogP contribution in [0.2, 0.25) is 0 Å². The molecule has 0 atom stereocenters. The predicted octanol–water partition coefficient (Wildman–Crippen LogP) is 1.82. The van der Waals surface area contributed by atoms with E-state index in [0.29, 0.717) is 12.0 Å². The number of hydrogen-bond acceptors (Lipinski definition) is 2. The fourth-order valence-corrected chi connectivity index (χ4v) is 1.13. The molecule has 0 aliphatic carbocycles. The predicted molar refractivity (Wildman–Crippen MR) is 49.0 cm³/mol. The van der Waals surface area contributed by atoms with Crippen LogP contribution in [-0.2, 0) is 6.42 Å². The first-order valence-electron chi connectivity index (χ1n) is 3.82. The van der Waals surface area contributed by atoms with Crippen molar-refractivity contribution in [2.24, 2.45) is 0 Å². The number of carboxylic acid groups (broad SMARTS) is 1. The maximum absolute atomic E-state index is 10.7. The second-order valence-corrected chi connectivity index (χ2v) is 2.60. The van der Waals surface area contributed by atoms with E-state index >= 15 is 0 Å². The first-order valence-corrected chi connectivity index (χ1v) is 3.82. The summed E-state index contributed by atoms with van der Waals surface area (Å²) in [6.45, 7) is 3.49. The highest BCUT2D eigenvalue weighted by Gasteiger charge is 2.11. The molecule has 1 aromatic rings.